The number of carbonyl (C=O) groups excluding carboxylic acids is 1. The smallest absolute Gasteiger partial charge is 0.330 e. The lowest BCUT2D eigenvalue weighted by molar-refractivity contribution is -0.143. The molecule has 2 rings (SSSR count). The molecule has 17 heavy (non-hydrogen) atoms. The zero-order valence-electron chi connectivity index (χ0n) is 9.34. The molecule has 1 aliphatic rings. The molecule has 92 valence electrons. The number of hydrogen-bond acceptors (Lipinski definition) is 4. The lowest BCUT2D eigenvalue weighted by atomic mass is 9.99. The van der Waals surface area contributed by atoms with Crippen molar-refractivity contribution in [3.8, 4) is 0 Å². The number of aromatic nitrogens is 2. The molecule has 0 bridgehead atoms. The Morgan fingerprint density at radius 3 is 2.88 bits per heavy atom. The summed E-state index contributed by atoms with van der Waals surface area (Å²) < 4.78 is 1.64. The Morgan fingerprint density at radius 1 is 1.65 bits per heavy atom. The zero-order valence-corrected chi connectivity index (χ0v) is 10.2. The van der Waals surface area contributed by atoms with Crippen LogP contribution in [0.15, 0.2) is 12.5 Å². The molecule has 1 saturated heterocycles. The SMILES string of the molecule is Cn1cnc(C(=O)NC2(C(=O)O)CCSC2)c1. The molecule has 7 heteroatoms. The molecule has 1 aromatic rings. The van der Waals surface area contributed by atoms with Crippen LogP contribution in [0, 0.1) is 0 Å². The summed E-state index contributed by atoms with van der Waals surface area (Å²) in [7, 11) is 1.75. The van der Waals surface area contributed by atoms with Crippen LogP contribution in [0.4, 0.5) is 0 Å². The normalized spacial score (nSPS) is 23.6. The van der Waals surface area contributed by atoms with E-state index < -0.39 is 17.4 Å². The Morgan fingerprint density at radius 2 is 2.41 bits per heavy atom. The van der Waals surface area contributed by atoms with Gasteiger partial charge < -0.3 is 15.0 Å². The van der Waals surface area contributed by atoms with Crippen molar-refractivity contribution < 1.29 is 14.7 Å². The number of carbonyl (C=O) groups is 2. The molecule has 1 atom stereocenters. The Kier molecular flexibility index (Phi) is 3.10. The highest BCUT2D eigenvalue weighted by atomic mass is 32.2. The highest BCUT2D eigenvalue weighted by Crippen LogP contribution is 2.28. The number of aryl methyl sites for hydroxylation is 1. The number of imidazole rings is 1. The highest BCUT2D eigenvalue weighted by Gasteiger charge is 2.43. The van der Waals surface area contributed by atoms with Gasteiger partial charge in [-0.1, -0.05) is 0 Å². The zero-order chi connectivity index (χ0) is 12.5. The largest absolute Gasteiger partial charge is 0.479 e. The number of amides is 1. The van der Waals surface area contributed by atoms with E-state index in [1.165, 1.54) is 18.1 Å². The first kappa shape index (κ1) is 12.0. The van der Waals surface area contributed by atoms with Crippen molar-refractivity contribution in [2.45, 2.75) is 12.0 Å². The number of carboxylic acids is 1. The van der Waals surface area contributed by atoms with Gasteiger partial charge in [-0.25, -0.2) is 9.78 Å². The Hall–Kier alpha value is -1.50. The van der Waals surface area contributed by atoms with Crippen molar-refractivity contribution in [3.05, 3.63) is 18.2 Å². The van der Waals surface area contributed by atoms with Crippen molar-refractivity contribution in [1.82, 2.24) is 14.9 Å². The minimum atomic E-state index is -1.14. The van der Waals surface area contributed by atoms with Crippen LogP contribution in [0.3, 0.4) is 0 Å². The van der Waals surface area contributed by atoms with Crippen LogP contribution < -0.4 is 5.32 Å². The van der Waals surface area contributed by atoms with Gasteiger partial charge in [0, 0.05) is 19.0 Å². The summed E-state index contributed by atoms with van der Waals surface area (Å²) in [4.78, 5) is 27.0. The Bertz CT molecular complexity index is 451. The molecule has 1 aliphatic heterocycles. The molecule has 1 unspecified atom stereocenters. The first-order chi connectivity index (χ1) is 8.03. The average molecular weight is 255 g/mol. The maximum absolute atomic E-state index is 11.9. The molecule has 1 amide bonds. The molecular weight excluding hydrogens is 242 g/mol. The van der Waals surface area contributed by atoms with Gasteiger partial charge in [-0.05, 0) is 12.2 Å². The van der Waals surface area contributed by atoms with Crippen LogP contribution in [0.2, 0.25) is 0 Å². The molecule has 0 aromatic carbocycles. The molecule has 1 aromatic heterocycles. The van der Waals surface area contributed by atoms with Crippen molar-refractivity contribution in [3.63, 3.8) is 0 Å². The number of nitrogens with zero attached hydrogens (tertiary/aromatic N) is 2. The van der Waals surface area contributed by atoms with Crippen LogP contribution >= 0.6 is 11.8 Å². The number of carboxylic acid groups (broad SMARTS) is 1. The summed E-state index contributed by atoms with van der Waals surface area (Å²) in [5, 5.41) is 11.8. The van der Waals surface area contributed by atoms with E-state index in [1.54, 1.807) is 17.8 Å². The van der Waals surface area contributed by atoms with Gasteiger partial charge in [-0.15, -0.1) is 0 Å². The van der Waals surface area contributed by atoms with Crippen molar-refractivity contribution >= 4 is 23.6 Å². The lowest BCUT2D eigenvalue weighted by Crippen LogP contribution is -2.54. The molecule has 2 N–H and O–H groups in total. The monoisotopic (exact) mass is 255 g/mol. The van der Waals surface area contributed by atoms with Gasteiger partial charge in [0.2, 0.25) is 0 Å². The fourth-order valence-corrected chi connectivity index (χ4v) is 3.02. The van der Waals surface area contributed by atoms with Crippen molar-refractivity contribution in [1.29, 1.82) is 0 Å². The first-order valence-corrected chi connectivity index (χ1v) is 6.31. The Labute approximate surface area is 102 Å². The molecule has 0 spiro atoms. The number of thioether (sulfide) groups is 1. The summed E-state index contributed by atoms with van der Waals surface area (Å²) >= 11 is 1.53. The molecule has 0 aliphatic carbocycles. The van der Waals surface area contributed by atoms with Gasteiger partial charge in [-0.2, -0.15) is 11.8 Å². The third kappa shape index (κ3) is 2.28. The maximum atomic E-state index is 11.9. The van der Waals surface area contributed by atoms with Gasteiger partial charge in [0.1, 0.15) is 11.2 Å². The molecule has 2 heterocycles. The van der Waals surface area contributed by atoms with Crippen molar-refractivity contribution in [2.24, 2.45) is 7.05 Å². The number of rotatable bonds is 3. The quantitative estimate of drug-likeness (QED) is 0.801. The van der Waals surface area contributed by atoms with Crippen LogP contribution in [0.25, 0.3) is 0 Å². The second kappa shape index (κ2) is 4.40. The number of nitrogens with one attached hydrogen (secondary N) is 1. The lowest BCUT2D eigenvalue weighted by Gasteiger charge is -2.23. The van der Waals surface area contributed by atoms with Crippen LogP contribution in [0.5, 0.6) is 0 Å². The molecule has 6 nitrogen and oxygen atoms in total. The molecule has 0 saturated carbocycles. The summed E-state index contributed by atoms with van der Waals surface area (Å²) in [5.74, 6) is -0.266. The van der Waals surface area contributed by atoms with Crippen LogP contribution in [-0.4, -0.2) is 43.6 Å². The average Bonchev–Trinajstić information content (AvgIpc) is 2.87. The van der Waals surface area contributed by atoms with Gasteiger partial charge in [-0.3, -0.25) is 4.79 Å². The first-order valence-electron chi connectivity index (χ1n) is 5.15. The Balaban J connectivity index is 2.14. The van der Waals surface area contributed by atoms with Gasteiger partial charge in [0.05, 0.1) is 6.33 Å². The second-order valence-electron chi connectivity index (χ2n) is 4.07. The van der Waals surface area contributed by atoms with E-state index >= 15 is 0 Å². The third-order valence-electron chi connectivity index (χ3n) is 2.72. The summed E-state index contributed by atoms with van der Waals surface area (Å²) in [6.07, 6.45) is 3.52. The minimum absolute atomic E-state index is 0.241. The minimum Gasteiger partial charge on any atom is -0.479 e. The topological polar surface area (TPSA) is 84.2 Å². The van der Waals surface area contributed by atoms with E-state index in [1.807, 2.05) is 0 Å². The van der Waals surface area contributed by atoms with Crippen molar-refractivity contribution in [2.75, 3.05) is 11.5 Å². The maximum Gasteiger partial charge on any atom is 0.330 e. The second-order valence-corrected chi connectivity index (χ2v) is 5.17. The predicted octanol–water partition coefficient (Wildman–Crippen LogP) is 0.110. The van der Waals surface area contributed by atoms with Crippen LogP contribution in [-0.2, 0) is 11.8 Å². The van der Waals surface area contributed by atoms with Crippen LogP contribution in [0.1, 0.15) is 16.9 Å². The van der Waals surface area contributed by atoms with E-state index in [-0.39, 0.29) is 5.69 Å². The molecule has 0 radical (unpaired) electrons. The predicted molar refractivity (Wildman–Crippen MR) is 63.0 cm³/mol. The summed E-state index contributed by atoms with van der Waals surface area (Å²) in [5.41, 5.74) is -0.899. The van der Waals surface area contributed by atoms with E-state index in [0.717, 1.165) is 5.75 Å². The molecular formula is C10H13N3O3S. The number of hydrogen-bond donors (Lipinski definition) is 2. The highest BCUT2D eigenvalue weighted by molar-refractivity contribution is 7.99. The van der Waals surface area contributed by atoms with Gasteiger partial charge >= 0.3 is 5.97 Å². The van der Waals surface area contributed by atoms with Gasteiger partial charge in [0.15, 0.2) is 0 Å². The third-order valence-corrected chi connectivity index (χ3v) is 3.91. The van der Waals surface area contributed by atoms with Gasteiger partial charge in [0.25, 0.3) is 5.91 Å². The van der Waals surface area contributed by atoms with E-state index in [2.05, 4.69) is 10.3 Å². The molecule has 1 fully saturated rings. The fourth-order valence-electron chi connectivity index (χ4n) is 1.70. The fraction of sp³-hybridized carbons (Fsp3) is 0.500. The summed E-state index contributed by atoms with van der Waals surface area (Å²) in [6.45, 7) is 0. The van der Waals surface area contributed by atoms with E-state index in [4.69, 9.17) is 0 Å². The summed E-state index contributed by atoms with van der Waals surface area (Å²) in [6, 6.07) is 0. The standard InChI is InChI=1S/C10H13N3O3S/c1-13-4-7(11-6-13)8(14)12-10(9(15)16)2-3-17-5-10/h4,6H,2-3,5H2,1H3,(H,12,14)(H,15,16). The van der Waals surface area contributed by atoms with E-state index in [0.29, 0.717) is 12.2 Å². The van der Waals surface area contributed by atoms with E-state index in [9.17, 15) is 14.7 Å². The number of aliphatic carboxylic acids is 1.